The van der Waals surface area contributed by atoms with Crippen LogP contribution in [-0.4, -0.2) is 20.6 Å². The topological polar surface area (TPSA) is 78.9 Å². The molecule has 4 rings (SSSR count). The van der Waals surface area contributed by atoms with Gasteiger partial charge in [-0.2, -0.15) is 5.26 Å². The number of carbonyl (C=O) groups is 1. The average molecular weight is 357 g/mol. The minimum absolute atomic E-state index is 0.365. The second-order valence-corrected chi connectivity index (χ2v) is 6.90. The summed E-state index contributed by atoms with van der Waals surface area (Å²) in [6.45, 7) is 1.98. The molecule has 0 saturated carbocycles. The van der Waals surface area contributed by atoms with Crippen molar-refractivity contribution in [3.05, 3.63) is 64.1 Å². The molecule has 0 radical (unpaired) electrons. The number of hydrogen-bond acceptors (Lipinski definition) is 3. The molecule has 3 aromatic rings. The number of pyridine rings is 1. The van der Waals surface area contributed by atoms with Gasteiger partial charge in [-0.25, -0.2) is 9.78 Å². The lowest BCUT2D eigenvalue weighted by molar-refractivity contribution is 0.0697. The second-order valence-electron chi connectivity index (χ2n) is 6.90. The number of rotatable bonds is 2. The van der Waals surface area contributed by atoms with Crippen LogP contribution in [0.5, 0.6) is 0 Å². The number of fused-ring (bicyclic) bond motifs is 2. The van der Waals surface area contributed by atoms with E-state index < -0.39 is 5.97 Å². The number of nitrogens with zero attached hydrogens (tertiary/aromatic N) is 3. The Hall–Kier alpha value is -3.39. The number of allylic oxidation sites excluding steroid dienone is 1. The monoisotopic (exact) mass is 357 g/mol. The van der Waals surface area contributed by atoms with Gasteiger partial charge in [-0.1, -0.05) is 18.2 Å². The molecule has 0 bridgehead atoms. The van der Waals surface area contributed by atoms with E-state index in [1.165, 1.54) is 0 Å². The first-order valence-corrected chi connectivity index (χ1v) is 8.93. The number of benzene rings is 1. The molecule has 5 nitrogen and oxygen atoms in total. The number of aromatic nitrogens is 2. The summed E-state index contributed by atoms with van der Waals surface area (Å²) in [5.41, 5.74) is 6.27. The fourth-order valence-corrected chi connectivity index (χ4v) is 3.88. The van der Waals surface area contributed by atoms with Crippen LogP contribution in [0.3, 0.4) is 0 Å². The molecule has 2 heterocycles. The third kappa shape index (κ3) is 2.70. The summed E-state index contributed by atoms with van der Waals surface area (Å²) in [6.07, 6.45) is 4.49. The van der Waals surface area contributed by atoms with E-state index in [4.69, 9.17) is 4.98 Å². The Morgan fingerprint density at radius 1 is 1.33 bits per heavy atom. The Morgan fingerprint density at radius 3 is 2.81 bits per heavy atom. The van der Waals surface area contributed by atoms with Gasteiger partial charge < -0.3 is 9.67 Å². The molecule has 0 aliphatic heterocycles. The van der Waals surface area contributed by atoms with Crippen molar-refractivity contribution in [3.63, 3.8) is 0 Å². The van der Waals surface area contributed by atoms with E-state index >= 15 is 0 Å². The predicted octanol–water partition coefficient (Wildman–Crippen LogP) is 4.33. The summed E-state index contributed by atoms with van der Waals surface area (Å²) in [6, 6.07) is 11.5. The summed E-state index contributed by atoms with van der Waals surface area (Å²) in [7, 11) is 1.87. The minimum Gasteiger partial charge on any atom is -0.478 e. The van der Waals surface area contributed by atoms with Crippen molar-refractivity contribution in [2.24, 2.45) is 7.05 Å². The zero-order chi connectivity index (χ0) is 19.1. The van der Waals surface area contributed by atoms with E-state index in [0.717, 1.165) is 40.9 Å². The highest BCUT2D eigenvalue weighted by molar-refractivity contribution is 6.05. The number of aromatic carboxylic acids is 1. The zero-order valence-electron chi connectivity index (χ0n) is 15.3. The lowest BCUT2D eigenvalue weighted by atomic mass is 9.86. The molecule has 5 heteroatoms. The summed E-state index contributed by atoms with van der Waals surface area (Å²) in [5, 5.41) is 19.8. The van der Waals surface area contributed by atoms with Crippen LogP contribution in [0.1, 0.15) is 51.4 Å². The van der Waals surface area contributed by atoms with Crippen molar-refractivity contribution in [2.75, 3.05) is 0 Å². The fraction of sp³-hybridized carbons (Fsp3) is 0.227. The molecule has 0 unspecified atom stereocenters. The molecule has 0 atom stereocenters. The molecule has 1 N–H and O–H groups in total. The number of para-hydroxylation sites is 1. The normalized spacial score (nSPS) is 14.9. The molecule has 1 aliphatic rings. The summed E-state index contributed by atoms with van der Waals surface area (Å²) >= 11 is 0. The van der Waals surface area contributed by atoms with Crippen molar-refractivity contribution < 1.29 is 9.90 Å². The molecular formula is C22H19N3O2. The molecule has 0 amide bonds. The molecule has 134 valence electrons. The van der Waals surface area contributed by atoms with Gasteiger partial charge in [-0.05, 0) is 61.1 Å². The van der Waals surface area contributed by atoms with E-state index in [9.17, 15) is 15.2 Å². The molecule has 0 saturated heterocycles. The van der Waals surface area contributed by atoms with Crippen LogP contribution in [0.4, 0.5) is 0 Å². The van der Waals surface area contributed by atoms with Crippen LogP contribution in [0, 0.1) is 18.3 Å². The smallest absolute Gasteiger partial charge is 0.336 e. The standard InChI is InChI=1S/C22H19N3O2/c1-13-15(11-16(12-23)25(13)2)10-14-6-5-8-18-20(22(26)27)17-7-3-4-9-19(17)24-21(14)18/h3-4,7,9-11H,5-6,8H2,1-2H3,(H,26,27)/b14-10-. The van der Waals surface area contributed by atoms with Gasteiger partial charge in [0.05, 0.1) is 16.8 Å². The highest BCUT2D eigenvalue weighted by Gasteiger charge is 2.25. The first kappa shape index (κ1) is 17.0. The van der Waals surface area contributed by atoms with Gasteiger partial charge in [0.25, 0.3) is 0 Å². The van der Waals surface area contributed by atoms with Gasteiger partial charge in [0.15, 0.2) is 0 Å². The molecule has 0 spiro atoms. The molecule has 1 aromatic carbocycles. The minimum atomic E-state index is -0.909. The second kappa shape index (κ2) is 6.40. The SMILES string of the molecule is Cc1c(/C=C2/CCCc3c2nc2ccccc2c3C(=O)O)cc(C#N)n1C. The Labute approximate surface area is 157 Å². The predicted molar refractivity (Wildman–Crippen MR) is 104 cm³/mol. The van der Waals surface area contributed by atoms with Gasteiger partial charge in [0, 0.05) is 18.1 Å². The third-order valence-corrected chi connectivity index (χ3v) is 5.40. The van der Waals surface area contributed by atoms with Crippen molar-refractivity contribution in [1.82, 2.24) is 9.55 Å². The van der Waals surface area contributed by atoms with E-state index in [1.54, 1.807) is 0 Å². The summed E-state index contributed by atoms with van der Waals surface area (Å²) < 4.78 is 1.87. The van der Waals surface area contributed by atoms with E-state index in [1.807, 2.05) is 48.9 Å². The van der Waals surface area contributed by atoms with Gasteiger partial charge in [0.2, 0.25) is 0 Å². The van der Waals surface area contributed by atoms with Crippen LogP contribution in [0.25, 0.3) is 22.6 Å². The largest absolute Gasteiger partial charge is 0.478 e. The molecule has 0 fully saturated rings. The van der Waals surface area contributed by atoms with Gasteiger partial charge >= 0.3 is 5.97 Å². The fourth-order valence-electron chi connectivity index (χ4n) is 3.88. The van der Waals surface area contributed by atoms with E-state index in [0.29, 0.717) is 28.6 Å². The number of carboxylic acid groups (broad SMARTS) is 1. The van der Waals surface area contributed by atoms with Crippen LogP contribution in [0.2, 0.25) is 0 Å². The van der Waals surface area contributed by atoms with Crippen LogP contribution >= 0.6 is 0 Å². The highest BCUT2D eigenvalue weighted by Crippen LogP contribution is 2.36. The highest BCUT2D eigenvalue weighted by atomic mass is 16.4. The number of carboxylic acids is 1. The number of nitriles is 1. The van der Waals surface area contributed by atoms with E-state index in [-0.39, 0.29) is 0 Å². The van der Waals surface area contributed by atoms with Crippen molar-refractivity contribution in [1.29, 1.82) is 5.26 Å². The molecule has 2 aromatic heterocycles. The van der Waals surface area contributed by atoms with Gasteiger partial charge in [-0.3, -0.25) is 0 Å². The quantitative estimate of drug-likeness (QED) is 0.740. The summed E-state index contributed by atoms with van der Waals surface area (Å²) in [5.74, 6) is -0.909. The first-order chi connectivity index (χ1) is 13.0. The maximum absolute atomic E-state index is 12.0. The van der Waals surface area contributed by atoms with Crippen LogP contribution < -0.4 is 0 Å². The van der Waals surface area contributed by atoms with Crippen molar-refractivity contribution >= 4 is 28.5 Å². The van der Waals surface area contributed by atoms with Crippen molar-refractivity contribution in [2.45, 2.75) is 26.2 Å². The Bertz CT molecular complexity index is 1160. The summed E-state index contributed by atoms with van der Waals surface area (Å²) in [4.78, 5) is 16.8. The van der Waals surface area contributed by atoms with Crippen LogP contribution in [-0.2, 0) is 13.5 Å². The lowest BCUT2D eigenvalue weighted by Gasteiger charge is -2.21. The molecular weight excluding hydrogens is 338 g/mol. The Balaban J connectivity index is 1.97. The first-order valence-electron chi connectivity index (χ1n) is 8.93. The molecule has 27 heavy (non-hydrogen) atoms. The van der Waals surface area contributed by atoms with Gasteiger partial charge in [-0.15, -0.1) is 0 Å². The average Bonchev–Trinajstić information content (AvgIpc) is 2.94. The van der Waals surface area contributed by atoms with Crippen molar-refractivity contribution in [3.8, 4) is 6.07 Å². The van der Waals surface area contributed by atoms with Gasteiger partial charge in [0.1, 0.15) is 11.8 Å². The Morgan fingerprint density at radius 2 is 2.11 bits per heavy atom. The molecule has 1 aliphatic carbocycles. The Kier molecular flexibility index (Phi) is 4.04. The lowest BCUT2D eigenvalue weighted by Crippen LogP contribution is -2.13. The van der Waals surface area contributed by atoms with Crippen LogP contribution in [0.15, 0.2) is 30.3 Å². The zero-order valence-corrected chi connectivity index (χ0v) is 15.3. The number of hydrogen-bond donors (Lipinski definition) is 1. The third-order valence-electron chi connectivity index (χ3n) is 5.40. The van der Waals surface area contributed by atoms with E-state index in [2.05, 4.69) is 12.1 Å². The maximum Gasteiger partial charge on any atom is 0.336 e. The maximum atomic E-state index is 12.0.